The Labute approximate surface area is 217 Å². The number of rotatable bonds is 4. The van der Waals surface area contributed by atoms with E-state index in [1.165, 1.54) is 24.8 Å². The van der Waals surface area contributed by atoms with Crippen LogP contribution in [0.25, 0.3) is 11.0 Å². The third kappa shape index (κ3) is 4.19. The first kappa shape index (κ1) is 23.7. The summed E-state index contributed by atoms with van der Waals surface area (Å²) in [4.78, 5) is 33.0. The van der Waals surface area contributed by atoms with Crippen molar-refractivity contribution in [1.82, 2.24) is 14.5 Å². The van der Waals surface area contributed by atoms with Gasteiger partial charge in [-0.25, -0.2) is 4.98 Å². The lowest BCUT2D eigenvalue weighted by molar-refractivity contribution is -0.138. The summed E-state index contributed by atoms with van der Waals surface area (Å²) in [7, 11) is 2.01. The molecule has 1 aromatic carbocycles. The maximum absolute atomic E-state index is 13.3. The summed E-state index contributed by atoms with van der Waals surface area (Å²) in [5, 5.41) is 13.3. The molecule has 37 heavy (non-hydrogen) atoms. The second kappa shape index (κ2) is 9.33. The fourth-order valence-electron chi connectivity index (χ4n) is 7.09. The first-order valence-corrected chi connectivity index (χ1v) is 13.5. The van der Waals surface area contributed by atoms with Crippen LogP contribution >= 0.6 is 0 Å². The molecule has 0 spiro atoms. The highest BCUT2D eigenvalue weighted by atomic mass is 16.2. The van der Waals surface area contributed by atoms with Crippen LogP contribution in [0.4, 0.5) is 5.69 Å². The largest absolute Gasteiger partial charge is 0.342 e. The number of hydrogen-bond donors (Lipinski definition) is 1. The number of pyridine rings is 1. The topological polar surface area (TPSA) is 91.0 Å². The van der Waals surface area contributed by atoms with E-state index in [4.69, 9.17) is 5.26 Å². The number of anilines is 1. The minimum Gasteiger partial charge on any atom is -0.342 e. The van der Waals surface area contributed by atoms with Gasteiger partial charge < -0.3 is 14.8 Å². The van der Waals surface area contributed by atoms with Crippen LogP contribution in [0.1, 0.15) is 71.5 Å². The van der Waals surface area contributed by atoms with E-state index in [0.29, 0.717) is 34.6 Å². The van der Waals surface area contributed by atoms with Gasteiger partial charge in [0.2, 0.25) is 5.91 Å². The number of aromatic nitrogens is 2. The number of hydrogen-bond acceptors (Lipinski definition) is 4. The summed E-state index contributed by atoms with van der Waals surface area (Å²) < 4.78 is 2.06. The van der Waals surface area contributed by atoms with Crippen molar-refractivity contribution < 1.29 is 9.59 Å². The number of nitriles is 1. The third-order valence-corrected chi connectivity index (χ3v) is 9.08. The molecule has 3 heterocycles. The van der Waals surface area contributed by atoms with Gasteiger partial charge in [-0.05, 0) is 86.1 Å². The van der Waals surface area contributed by atoms with Gasteiger partial charge in [0.05, 0.1) is 23.5 Å². The fourth-order valence-corrected chi connectivity index (χ4v) is 7.09. The van der Waals surface area contributed by atoms with Gasteiger partial charge in [0.15, 0.2) is 0 Å². The number of carbonyl (C=O) groups is 2. The number of nitrogens with zero attached hydrogens (tertiary/aromatic N) is 4. The Morgan fingerprint density at radius 1 is 1.14 bits per heavy atom. The predicted molar refractivity (Wildman–Crippen MR) is 142 cm³/mol. The van der Waals surface area contributed by atoms with Gasteiger partial charge in [-0.15, -0.1) is 0 Å². The average molecular weight is 496 g/mol. The first-order chi connectivity index (χ1) is 17.9. The molecule has 2 aromatic heterocycles. The minimum atomic E-state index is -0.258. The summed E-state index contributed by atoms with van der Waals surface area (Å²) in [6.45, 7) is 3.65. The second-order valence-electron chi connectivity index (χ2n) is 11.2. The molecule has 190 valence electrons. The van der Waals surface area contributed by atoms with Crippen LogP contribution in [0.15, 0.2) is 36.7 Å². The molecule has 2 saturated carbocycles. The Morgan fingerprint density at radius 3 is 2.65 bits per heavy atom. The minimum absolute atomic E-state index is 0.258. The number of piperidine rings is 1. The van der Waals surface area contributed by atoms with E-state index < -0.39 is 0 Å². The van der Waals surface area contributed by atoms with Crippen molar-refractivity contribution >= 4 is 28.5 Å². The molecule has 7 heteroatoms. The number of likely N-dealkylation sites (tertiary alicyclic amines) is 1. The van der Waals surface area contributed by atoms with Gasteiger partial charge in [-0.3, -0.25) is 9.59 Å². The Kier molecular flexibility index (Phi) is 5.98. The Balaban J connectivity index is 1.21. The molecule has 2 aliphatic carbocycles. The molecule has 3 aromatic rings. The normalized spacial score (nSPS) is 23.4. The monoisotopic (exact) mass is 495 g/mol. The second-order valence-corrected chi connectivity index (χ2v) is 11.2. The smallest absolute Gasteiger partial charge is 0.255 e. The van der Waals surface area contributed by atoms with E-state index in [-0.39, 0.29) is 11.8 Å². The van der Waals surface area contributed by atoms with Crippen molar-refractivity contribution in [2.45, 2.75) is 51.4 Å². The highest BCUT2D eigenvalue weighted by Gasteiger charge is 2.44. The fraction of sp³-hybridized carbons (Fsp3) is 0.467. The van der Waals surface area contributed by atoms with Crippen LogP contribution in [-0.4, -0.2) is 39.4 Å². The lowest BCUT2D eigenvalue weighted by atomic mass is 9.85. The van der Waals surface area contributed by atoms with Gasteiger partial charge in [-0.1, -0.05) is 12.5 Å². The molecular weight excluding hydrogens is 462 g/mol. The van der Waals surface area contributed by atoms with Crippen molar-refractivity contribution in [2.75, 3.05) is 18.4 Å². The van der Waals surface area contributed by atoms with Crippen molar-refractivity contribution in [3.05, 3.63) is 58.9 Å². The standard InChI is InChI=1S/C30H33N5O2/c1-18-26(33-29(36)23-5-3-4-20(13-23)15-31)16-32-28-27(18)25(17-34(28)2)21-8-10-35(11-9-21)30(37)24-14-19-6-7-22(24)12-19/h3-5,13,16-17,19,21-22,24H,6-12,14H2,1-2H3,(H,33,36)/t19-,22+,24-/m0/s1. The van der Waals surface area contributed by atoms with E-state index in [1.807, 2.05) is 14.0 Å². The summed E-state index contributed by atoms with van der Waals surface area (Å²) >= 11 is 0. The number of nitrogens with one attached hydrogen (secondary N) is 1. The van der Waals surface area contributed by atoms with Crippen molar-refractivity contribution in [3.63, 3.8) is 0 Å². The molecule has 3 aliphatic rings. The van der Waals surface area contributed by atoms with E-state index in [9.17, 15) is 9.59 Å². The molecule has 0 radical (unpaired) electrons. The average Bonchev–Trinajstić information content (AvgIpc) is 3.65. The Hall–Kier alpha value is -3.66. The van der Waals surface area contributed by atoms with Gasteiger partial charge >= 0.3 is 0 Å². The molecule has 3 atom stereocenters. The molecule has 6 rings (SSSR count). The van der Waals surface area contributed by atoms with Gasteiger partial charge in [0, 0.05) is 43.2 Å². The van der Waals surface area contributed by atoms with Gasteiger partial charge in [0.25, 0.3) is 5.91 Å². The first-order valence-electron chi connectivity index (χ1n) is 13.5. The molecule has 3 fully saturated rings. The summed E-state index contributed by atoms with van der Waals surface area (Å²) in [6.07, 6.45) is 10.7. The zero-order valence-electron chi connectivity index (χ0n) is 21.5. The number of benzene rings is 1. The van der Waals surface area contributed by atoms with Crippen LogP contribution in [0.2, 0.25) is 0 Å². The summed E-state index contributed by atoms with van der Waals surface area (Å²) in [5.41, 5.74) is 4.71. The van der Waals surface area contributed by atoms with Crippen LogP contribution in [0.3, 0.4) is 0 Å². The molecule has 1 aliphatic heterocycles. The molecule has 2 bridgehead atoms. The van der Waals surface area contributed by atoms with Crippen molar-refractivity contribution in [2.24, 2.45) is 24.8 Å². The zero-order chi connectivity index (χ0) is 25.7. The predicted octanol–water partition coefficient (Wildman–Crippen LogP) is 5.15. The lowest BCUT2D eigenvalue weighted by Gasteiger charge is -2.35. The molecule has 1 saturated heterocycles. The van der Waals surface area contributed by atoms with Crippen LogP contribution in [-0.2, 0) is 11.8 Å². The van der Waals surface area contributed by atoms with Gasteiger partial charge in [0.1, 0.15) is 5.65 Å². The SMILES string of the molecule is Cc1c(NC(=O)c2cccc(C#N)c2)cnc2c1c(C1CCN(C(=O)[C@H]3C[C@H]4CC[C@@H]3C4)CC1)cn2C. The van der Waals surface area contributed by atoms with Crippen molar-refractivity contribution in [3.8, 4) is 6.07 Å². The summed E-state index contributed by atoms with van der Waals surface area (Å²) in [5.74, 6) is 2.16. The number of aryl methyl sites for hydroxylation is 2. The molecule has 1 N–H and O–H groups in total. The quantitative estimate of drug-likeness (QED) is 0.542. The molecular formula is C30H33N5O2. The van der Waals surface area contributed by atoms with Crippen LogP contribution < -0.4 is 5.32 Å². The Morgan fingerprint density at radius 2 is 1.95 bits per heavy atom. The maximum atomic E-state index is 13.3. The van der Waals surface area contributed by atoms with E-state index in [1.54, 1.807) is 30.5 Å². The maximum Gasteiger partial charge on any atom is 0.255 e. The van der Waals surface area contributed by atoms with E-state index >= 15 is 0 Å². The molecule has 0 unspecified atom stereocenters. The highest BCUT2D eigenvalue weighted by molar-refractivity contribution is 6.06. The van der Waals surface area contributed by atoms with Crippen LogP contribution in [0.5, 0.6) is 0 Å². The van der Waals surface area contributed by atoms with E-state index in [0.717, 1.165) is 54.9 Å². The zero-order valence-corrected chi connectivity index (χ0v) is 21.5. The summed E-state index contributed by atoms with van der Waals surface area (Å²) in [6, 6.07) is 8.78. The molecule has 7 nitrogen and oxygen atoms in total. The Bertz CT molecular complexity index is 1430. The number of fused-ring (bicyclic) bond motifs is 3. The van der Waals surface area contributed by atoms with Crippen LogP contribution in [0, 0.1) is 36.0 Å². The van der Waals surface area contributed by atoms with Gasteiger partial charge in [-0.2, -0.15) is 5.26 Å². The lowest BCUT2D eigenvalue weighted by Crippen LogP contribution is -2.42. The third-order valence-electron chi connectivity index (χ3n) is 9.08. The van der Waals surface area contributed by atoms with Crippen molar-refractivity contribution in [1.29, 1.82) is 5.26 Å². The highest BCUT2D eigenvalue weighted by Crippen LogP contribution is 2.49. The number of amides is 2. The number of carbonyl (C=O) groups excluding carboxylic acids is 2. The van der Waals surface area contributed by atoms with E-state index in [2.05, 4.69) is 32.0 Å². The molecule has 2 amide bonds.